The predicted molar refractivity (Wildman–Crippen MR) is 91.7 cm³/mol. The van der Waals surface area contributed by atoms with E-state index in [9.17, 15) is 10.1 Å². The first kappa shape index (κ1) is 16.0. The standard InChI is InChI=1S/C15H14Br2N2O2/c1-9-6-12(7-10(2)14(9)16)18-8-11-4-3-5-13(15(11)17)19(20)21/h3-7,18H,8H2,1-2H3. The van der Waals surface area contributed by atoms with E-state index in [0.717, 1.165) is 26.9 Å². The number of nitro groups is 1. The molecule has 0 aromatic heterocycles. The molecule has 0 radical (unpaired) electrons. The lowest BCUT2D eigenvalue weighted by atomic mass is 10.1. The Hall–Kier alpha value is -1.40. The minimum absolute atomic E-state index is 0.0810. The van der Waals surface area contributed by atoms with Crippen molar-refractivity contribution in [3.8, 4) is 0 Å². The van der Waals surface area contributed by atoms with Crippen LogP contribution in [0.15, 0.2) is 39.3 Å². The molecule has 0 heterocycles. The van der Waals surface area contributed by atoms with Gasteiger partial charge in [-0.25, -0.2) is 0 Å². The third-order valence-electron chi connectivity index (χ3n) is 3.17. The summed E-state index contributed by atoms with van der Waals surface area (Å²) in [5.74, 6) is 0. The van der Waals surface area contributed by atoms with Gasteiger partial charge in [0.1, 0.15) is 4.47 Å². The van der Waals surface area contributed by atoms with Crippen LogP contribution in [-0.4, -0.2) is 4.92 Å². The molecule has 0 saturated carbocycles. The molecule has 0 aliphatic heterocycles. The summed E-state index contributed by atoms with van der Waals surface area (Å²) >= 11 is 6.84. The van der Waals surface area contributed by atoms with Crippen LogP contribution in [0.4, 0.5) is 11.4 Å². The van der Waals surface area contributed by atoms with Crippen molar-refractivity contribution in [2.45, 2.75) is 20.4 Å². The Balaban J connectivity index is 2.21. The van der Waals surface area contributed by atoms with E-state index in [1.807, 2.05) is 32.0 Å². The summed E-state index contributed by atoms with van der Waals surface area (Å²) in [6, 6.07) is 9.13. The highest BCUT2D eigenvalue weighted by Crippen LogP contribution is 2.30. The van der Waals surface area contributed by atoms with E-state index in [2.05, 4.69) is 37.2 Å². The van der Waals surface area contributed by atoms with Gasteiger partial charge in [-0.15, -0.1) is 0 Å². The Labute approximate surface area is 140 Å². The zero-order valence-electron chi connectivity index (χ0n) is 11.6. The number of rotatable bonds is 4. The minimum Gasteiger partial charge on any atom is -0.381 e. The second kappa shape index (κ2) is 6.58. The first-order valence-corrected chi connectivity index (χ1v) is 7.91. The average molecular weight is 414 g/mol. The third kappa shape index (κ3) is 3.63. The predicted octanol–water partition coefficient (Wildman–Crippen LogP) is 5.35. The second-order valence-electron chi connectivity index (χ2n) is 4.78. The van der Waals surface area contributed by atoms with Crippen LogP contribution >= 0.6 is 31.9 Å². The molecule has 2 aromatic rings. The van der Waals surface area contributed by atoms with Crippen LogP contribution in [-0.2, 0) is 6.54 Å². The SMILES string of the molecule is Cc1cc(NCc2cccc([N+](=O)[O-])c2Br)cc(C)c1Br. The lowest BCUT2D eigenvalue weighted by Gasteiger charge is -2.11. The molecule has 110 valence electrons. The molecule has 0 aliphatic carbocycles. The van der Waals surface area contributed by atoms with Crippen molar-refractivity contribution < 1.29 is 4.92 Å². The molecule has 21 heavy (non-hydrogen) atoms. The number of anilines is 1. The topological polar surface area (TPSA) is 55.2 Å². The van der Waals surface area contributed by atoms with Crippen LogP contribution in [0.1, 0.15) is 16.7 Å². The maximum atomic E-state index is 10.9. The first-order chi connectivity index (χ1) is 9.90. The van der Waals surface area contributed by atoms with E-state index in [1.165, 1.54) is 6.07 Å². The fraction of sp³-hybridized carbons (Fsp3) is 0.200. The minimum atomic E-state index is -0.387. The van der Waals surface area contributed by atoms with Gasteiger partial charge in [-0.3, -0.25) is 10.1 Å². The van der Waals surface area contributed by atoms with Gasteiger partial charge in [0.25, 0.3) is 5.69 Å². The Morgan fingerprint density at radius 3 is 2.33 bits per heavy atom. The van der Waals surface area contributed by atoms with Crippen LogP contribution in [0.2, 0.25) is 0 Å². The molecule has 2 rings (SSSR count). The third-order valence-corrected chi connectivity index (χ3v) is 5.34. The van der Waals surface area contributed by atoms with Gasteiger partial charge in [-0.1, -0.05) is 28.1 Å². The Morgan fingerprint density at radius 2 is 1.76 bits per heavy atom. The van der Waals surface area contributed by atoms with Crippen molar-refractivity contribution in [3.63, 3.8) is 0 Å². The van der Waals surface area contributed by atoms with E-state index < -0.39 is 0 Å². The summed E-state index contributed by atoms with van der Waals surface area (Å²) in [6.07, 6.45) is 0. The lowest BCUT2D eigenvalue weighted by Crippen LogP contribution is -2.02. The van der Waals surface area contributed by atoms with Crippen molar-refractivity contribution in [2.24, 2.45) is 0 Å². The van der Waals surface area contributed by atoms with Gasteiger partial charge >= 0.3 is 0 Å². The van der Waals surface area contributed by atoms with Crippen molar-refractivity contribution in [1.82, 2.24) is 0 Å². The summed E-state index contributed by atoms with van der Waals surface area (Å²) in [5.41, 5.74) is 4.22. The van der Waals surface area contributed by atoms with Crippen molar-refractivity contribution in [2.75, 3.05) is 5.32 Å². The molecular weight excluding hydrogens is 400 g/mol. The summed E-state index contributed by atoms with van der Waals surface area (Å²) in [4.78, 5) is 10.5. The maximum absolute atomic E-state index is 10.9. The summed E-state index contributed by atoms with van der Waals surface area (Å²) in [5, 5.41) is 14.2. The highest BCUT2D eigenvalue weighted by atomic mass is 79.9. The zero-order valence-corrected chi connectivity index (χ0v) is 14.8. The van der Waals surface area contributed by atoms with Gasteiger partial charge in [0.15, 0.2) is 0 Å². The van der Waals surface area contributed by atoms with E-state index in [4.69, 9.17) is 0 Å². The number of hydrogen-bond acceptors (Lipinski definition) is 3. The Morgan fingerprint density at radius 1 is 1.14 bits per heavy atom. The average Bonchev–Trinajstić information content (AvgIpc) is 2.43. The number of nitro benzene ring substituents is 1. The van der Waals surface area contributed by atoms with Gasteiger partial charge < -0.3 is 5.32 Å². The van der Waals surface area contributed by atoms with E-state index >= 15 is 0 Å². The van der Waals surface area contributed by atoms with Crippen molar-refractivity contribution in [3.05, 3.63) is 66.1 Å². The van der Waals surface area contributed by atoms with E-state index in [1.54, 1.807) is 6.07 Å². The van der Waals surface area contributed by atoms with Crippen molar-refractivity contribution >= 4 is 43.2 Å². The number of nitrogens with zero attached hydrogens (tertiary/aromatic N) is 1. The van der Waals surface area contributed by atoms with Crippen LogP contribution < -0.4 is 5.32 Å². The number of benzene rings is 2. The lowest BCUT2D eigenvalue weighted by molar-refractivity contribution is -0.385. The highest BCUT2D eigenvalue weighted by Gasteiger charge is 2.14. The normalized spacial score (nSPS) is 10.5. The quantitative estimate of drug-likeness (QED) is 0.542. The van der Waals surface area contributed by atoms with Crippen LogP contribution in [0, 0.1) is 24.0 Å². The second-order valence-corrected chi connectivity index (χ2v) is 6.37. The van der Waals surface area contributed by atoms with Gasteiger partial charge in [-0.05, 0) is 58.6 Å². The molecule has 0 amide bonds. The largest absolute Gasteiger partial charge is 0.381 e. The number of hydrogen-bond donors (Lipinski definition) is 1. The van der Waals surface area contributed by atoms with Crippen LogP contribution in [0.3, 0.4) is 0 Å². The fourth-order valence-electron chi connectivity index (χ4n) is 2.09. The maximum Gasteiger partial charge on any atom is 0.283 e. The molecular formula is C15H14Br2N2O2. The molecule has 0 aliphatic rings. The monoisotopic (exact) mass is 412 g/mol. The van der Waals surface area contributed by atoms with Crippen molar-refractivity contribution in [1.29, 1.82) is 0 Å². The van der Waals surface area contributed by atoms with E-state index in [0.29, 0.717) is 11.0 Å². The molecule has 0 unspecified atom stereocenters. The molecule has 1 N–H and O–H groups in total. The smallest absolute Gasteiger partial charge is 0.283 e. The molecule has 0 atom stereocenters. The molecule has 4 nitrogen and oxygen atoms in total. The number of nitrogens with one attached hydrogen (secondary N) is 1. The fourth-order valence-corrected chi connectivity index (χ4v) is 2.87. The van der Waals surface area contributed by atoms with Gasteiger partial charge in [0.2, 0.25) is 0 Å². The van der Waals surface area contributed by atoms with Gasteiger partial charge in [-0.2, -0.15) is 0 Å². The Kier molecular flexibility index (Phi) is 5.00. The Bertz CT molecular complexity index is 679. The molecule has 0 saturated heterocycles. The van der Waals surface area contributed by atoms with Gasteiger partial charge in [0, 0.05) is 22.8 Å². The molecule has 2 aromatic carbocycles. The van der Waals surface area contributed by atoms with Gasteiger partial charge in [0.05, 0.1) is 4.92 Å². The zero-order chi connectivity index (χ0) is 15.6. The van der Waals surface area contributed by atoms with Crippen LogP contribution in [0.5, 0.6) is 0 Å². The summed E-state index contributed by atoms with van der Waals surface area (Å²) < 4.78 is 1.62. The molecule has 0 bridgehead atoms. The number of aryl methyl sites for hydroxylation is 2. The van der Waals surface area contributed by atoms with Crippen LogP contribution in [0.25, 0.3) is 0 Å². The molecule has 6 heteroatoms. The number of halogens is 2. The highest BCUT2D eigenvalue weighted by molar-refractivity contribution is 9.11. The van der Waals surface area contributed by atoms with E-state index in [-0.39, 0.29) is 10.6 Å². The molecule has 0 fully saturated rings. The summed E-state index contributed by atoms with van der Waals surface area (Å²) in [6.45, 7) is 4.58. The molecule has 0 spiro atoms. The first-order valence-electron chi connectivity index (χ1n) is 6.32. The summed E-state index contributed by atoms with van der Waals surface area (Å²) in [7, 11) is 0.